The highest BCUT2D eigenvalue weighted by molar-refractivity contribution is 5.02. The highest BCUT2D eigenvalue weighted by Crippen LogP contribution is 2.48. The molecule has 1 saturated heterocycles. The summed E-state index contributed by atoms with van der Waals surface area (Å²) in [6.07, 6.45) is 3.18. The van der Waals surface area contributed by atoms with Crippen molar-refractivity contribution in [2.24, 2.45) is 17.3 Å². The summed E-state index contributed by atoms with van der Waals surface area (Å²) in [6, 6.07) is 0. The van der Waals surface area contributed by atoms with Crippen LogP contribution in [0, 0.1) is 17.3 Å². The second-order valence-electron chi connectivity index (χ2n) is 6.55. The maximum atomic E-state index is 10.5. The lowest BCUT2D eigenvalue weighted by atomic mass is 9.65. The molecular formula is C13H24O2. The largest absolute Gasteiger partial charge is 0.387 e. The van der Waals surface area contributed by atoms with E-state index in [1.54, 1.807) is 0 Å². The van der Waals surface area contributed by atoms with Crippen LogP contribution >= 0.6 is 0 Å². The van der Waals surface area contributed by atoms with Gasteiger partial charge in [-0.3, -0.25) is 0 Å². The third-order valence-electron chi connectivity index (χ3n) is 4.57. The summed E-state index contributed by atoms with van der Waals surface area (Å²) >= 11 is 0. The standard InChI is InChI=1S/C13H24O2/c1-9-8-15-11-7-10(12(2,3)4)5-6-13(9,11)14/h9-11,14H,5-8H2,1-4H3/t9-,10+,11-,13+/m0/s1. The lowest BCUT2D eigenvalue weighted by Crippen LogP contribution is -2.49. The molecule has 2 heteroatoms. The van der Waals surface area contributed by atoms with Crippen molar-refractivity contribution in [1.82, 2.24) is 0 Å². The Morgan fingerprint density at radius 1 is 1.33 bits per heavy atom. The first-order chi connectivity index (χ1) is 6.84. The molecule has 2 fully saturated rings. The minimum absolute atomic E-state index is 0.0884. The van der Waals surface area contributed by atoms with Gasteiger partial charge < -0.3 is 9.84 Å². The number of fused-ring (bicyclic) bond motifs is 1. The molecule has 0 unspecified atom stereocenters. The normalized spacial score (nSPS) is 46.6. The maximum absolute atomic E-state index is 10.5. The average Bonchev–Trinajstić information content (AvgIpc) is 2.41. The zero-order valence-corrected chi connectivity index (χ0v) is 10.4. The van der Waals surface area contributed by atoms with Crippen molar-refractivity contribution in [3.8, 4) is 0 Å². The molecule has 15 heavy (non-hydrogen) atoms. The lowest BCUT2D eigenvalue weighted by molar-refractivity contribution is -0.100. The number of ether oxygens (including phenoxy) is 1. The predicted octanol–water partition coefficient (Wildman–Crippen LogP) is 2.60. The summed E-state index contributed by atoms with van der Waals surface area (Å²) in [6.45, 7) is 9.72. The monoisotopic (exact) mass is 212 g/mol. The molecule has 88 valence electrons. The second-order valence-corrected chi connectivity index (χ2v) is 6.55. The van der Waals surface area contributed by atoms with Crippen molar-refractivity contribution in [3.63, 3.8) is 0 Å². The fourth-order valence-corrected chi connectivity index (χ4v) is 3.11. The van der Waals surface area contributed by atoms with Crippen molar-refractivity contribution < 1.29 is 9.84 Å². The van der Waals surface area contributed by atoms with E-state index in [9.17, 15) is 5.11 Å². The zero-order valence-electron chi connectivity index (χ0n) is 10.4. The molecule has 2 rings (SSSR count). The van der Waals surface area contributed by atoms with E-state index in [1.165, 1.54) is 0 Å². The number of hydrogen-bond donors (Lipinski definition) is 1. The molecule has 1 N–H and O–H groups in total. The van der Waals surface area contributed by atoms with Gasteiger partial charge in [0.25, 0.3) is 0 Å². The van der Waals surface area contributed by atoms with Gasteiger partial charge in [0.2, 0.25) is 0 Å². The third-order valence-corrected chi connectivity index (χ3v) is 4.57. The summed E-state index contributed by atoms with van der Waals surface area (Å²) in [7, 11) is 0. The summed E-state index contributed by atoms with van der Waals surface area (Å²) in [4.78, 5) is 0. The first-order valence-electron chi connectivity index (χ1n) is 6.18. The van der Waals surface area contributed by atoms with Gasteiger partial charge in [-0.2, -0.15) is 0 Å². The molecule has 1 heterocycles. The summed E-state index contributed by atoms with van der Waals surface area (Å²) < 4.78 is 5.75. The van der Waals surface area contributed by atoms with Crippen LogP contribution in [0.2, 0.25) is 0 Å². The molecular weight excluding hydrogens is 188 g/mol. The Bertz CT molecular complexity index is 243. The van der Waals surface area contributed by atoms with Gasteiger partial charge in [0.1, 0.15) is 0 Å². The smallest absolute Gasteiger partial charge is 0.0955 e. The van der Waals surface area contributed by atoms with E-state index in [0.717, 1.165) is 25.9 Å². The van der Waals surface area contributed by atoms with Crippen molar-refractivity contribution in [1.29, 1.82) is 0 Å². The van der Waals surface area contributed by atoms with E-state index < -0.39 is 5.60 Å². The Hall–Kier alpha value is -0.0800. The van der Waals surface area contributed by atoms with Gasteiger partial charge in [-0.05, 0) is 30.6 Å². The molecule has 0 spiro atoms. The van der Waals surface area contributed by atoms with Crippen molar-refractivity contribution in [2.45, 2.75) is 58.7 Å². The van der Waals surface area contributed by atoms with E-state index in [1.807, 2.05) is 0 Å². The first-order valence-corrected chi connectivity index (χ1v) is 6.18. The van der Waals surface area contributed by atoms with Crippen molar-refractivity contribution >= 4 is 0 Å². The molecule has 4 atom stereocenters. The molecule has 0 aromatic carbocycles. The van der Waals surface area contributed by atoms with Gasteiger partial charge >= 0.3 is 0 Å². The SMILES string of the molecule is C[C@H]1CO[C@H]2C[C@H](C(C)(C)C)CC[C@]21O. The molecule has 1 aliphatic carbocycles. The Balaban J connectivity index is 2.09. The van der Waals surface area contributed by atoms with Gasteiger partial charge in [-0.15, -0.1) is 0 Å². The van der Waals surface area contributed by atoms with Crippen LogP contribution in [0.4, 0.5) is 0 Å². The summed E-state index contributed by atoms with van der Waals surface area (Å²) in [5.74, 6) is 0.997. The zero-order chi connectivity index (χ0) is 11.3. The predicted molar refractivity (Wildman–Crippen MR) is 60.6 cm³/mol. The van der Waals surface area contributed by atoms with Crippen LogP contribution in [0.1, 0.15) is 47.0 Å². The average molecular weight is 212 g/mol. The fraction of sp³-hybridized carbons (Fsp3) is 1.00. The van der Waals surface area contributed by atoms with Gasteiger partial charge in [0.05, 0.1) is 18.3 Å². The number of rotatable bonds is 0. The fourth-order valence-electron chi connectivity index (χ4n) is 3.11. The summed E-state index contributed by atoms with van der Waals surface area (Å²) in [5.41, 5.74) is -0.182. The maximum Gasteiger partial charge on any atom is 0.0955 e. The lowest BCUT2D eigenvalue weighted by Gasteiger charge is -2.44. The van der Waals surface area contributed by atoms with Crippen LogP contribution in [0.3, 0.4) is 0 Å². The number of aliphatic hydroxyl groups is 1. The van der Waals surface area contributed by atoms with Crippen LogP contribution in [0.25, 0.3) is 0 Å². The van der Waals surface area contributed by atoms with Crippen molar-refractivity contribution in [2.75, 3.05) is 6.61 Å². The van der Waals surface area contributed by atoms with Crippen LogP contribution in [-0.4, -0.2) is 23.4 Å². The Kier molecular flexibility index (Phi) is 2.63. The second kappa shape index (κ2) is 3.46. The molecule has 0 radical (unpaired) electrons. The molecule has 2 aliphatic rings. The van der Waals surface area contributed by atoms with E-state index in [2.05, 4.69) is 27.7 Å². The van der Waals surface area contributed by atoms with E-state index >= 15 is 0 Å². The third kappa shape index (κ3) is 1.83. The van der Waals surface area contributed by atoms with E-state index in [-0.39, 0.29) is 6.10 Å². The summed E-state index contributed by atoms with van der Waals surface area (Å²) in [5, 5.41) is 10.5. The Morgan fingerprint density at radius 3 is 2.60 bits per heavy atom. The molecule has 0 aromatic rings. The highest BCUT2D eigenvalue weighted by Gasteiger charge is 2.52. The van der Waals surface area contributed by atoms with Crippen molar-refractivity contribution in [3.05, 3.63) is 0 Å². The van der Waals surface area contributed by atoms with Gasteiger partial charge in [0, 0.05) is 5.92 Å². The first kappa shape index (κ1) is 11.4. The topological polar surface area (TPSA) is 29.5 Å². The van der Waals surface area contributed by atoms with Crippen LogP contribution in [-0.2, 0) is 4.74 Å². The van der Waals surface area contributed by atoms with Gasteiger partial charge in [0.15, 0.2) is 0 Å². The minimum atomic E-state index is -0.526. The molecule has 2 nitrogen and oxygen atoms in total. The Morgan fingerprint density at radius 2 is 2.00 bits per heavy atom. The minimum Gasteiger partial charge on any atom is -0.387 e. The number of hydrogen-bond acceptors (Lipinski definition) is 2. The van der Waals surface area contributed by atoms with E-state index in [4.69, 9.17) is 4.74 Å². The van der Waals surface area contributed by atoms with Crippen LogP contribution in [0.5, 0.6) is 0 Å². The van der Waals surface area contributed by atoms with E-state index in [0.29, 0.717) is 17.3 Å². The Labute approximate surface area is 93.0 Å². The van der Waals surface area contributed by atoms with Gasteiger partial charge in [-0.25, -0.2) is 0 Å². The van der Waals surface area contributed by atoms with Gasteiger partial charge in [-0.1, -0.05) is 27.7 Å². The van der Waals surface area contributed by atoms with Crippen LogP contribution in [0.15, 0.2) is 0 Å². The quantitative estimate of drug-likeness (QED) is 0.669. The molecule has 0 amide bonds. The highest BCUT2D eigenvalue weighted by atomic mass is 16.5. The molecule has 0 aromatic heterocycles. The molecule has 1 aliphatic heterocycles. The molecule has 0 bridgehead atoms. The molecule has 1 saturated carbocycles. The van der Waals surface area contributed by atoms with Crippen LogP contribution < -0.4 is 0 Å².